The van der Waals surface area contributed by atoms with Crippen LogP contribution >= 0.6 is 0 Å². The zero-order valence-corrected chi connectivity index (χ0v) is 11.0. The lowest BCUT2D eigenvalue weighted by atomic mass is 10.1. The molecule has 98 valence electrons. The molecule has 1 amide bonds. The van der Waals surface area contributed by atoms with Gasteiger partial charge in [0.25, 0.3) is 0 Å². The summed E-state index contributed by atoms with van der Waals surface area (Å²) in [5.41, 5.74) is 0. The Balaban J connectivity index is 1.82. The number of amides is 1. The van der Waals surface area contributed by atoms with E-state index < -0.39 is 0 Å². The van der Waals surface area contributed by atoms with Gasteiger partial charge in [-0.1, -0.05) is 0 Å². The third-order valence-electron chi connectivity index (χ3n) is 3.64. The Morgan fingerprint density at radius 1 is 1.35 bits per heavy atom. The molecule has 2 heterocycles. The average Bonchev–Trinajstić information content (AvgIpc) is 2.32. The van der Waals surface area contributed by atoms with Crippen LogP contribution in [0.5, 0.6) is 0 Å². The maximum atomic E-state index is 12.3. The Hall–Kier alpha value is -0.650. The molecule has 2 saturated heterocycles. The molecule has 2 fully saturated rings. The van der Waals surface area contributed by atoms with Gasteiger partial charge in [0, 0.05) is 39.3 Å². The summed E-state index contributed by atoms with van der Waals surface area (Å²) in [7, 11) is 4.15. The Morgan fingerprint density at radius 3 is 2.94 bits per heavy atom. The molecule has 5 nitrogen and oxygen atoms in total. The van der Waals surface area contributed by atoms with Gasteiger partial charge >= 0.3 is 0 Å². The first-order valence-electron chi connectivity index (χ1n) is 6.57. The Morgan fingerprint density at radius 2 is 2.18 bits per heavy atom. The molecule has 1 N–H and O–H groups in total. The molecule has 0 aromatic heterocycles. The first kappa shape index (κ1) is 12.8. The molecular weight excluding hydrogens is 216 g/mol. The lowest BCUT2D eigenvalue weighted by Crippen LogP contribution is -2.64. The van der Waals surface area contributed by atoms with Crippen molar-refractivity contribution in [3.63, 3.8) is 0 Å². The third kappa shape index (κ3) is 3.18. The molecule has 0 bridgehead atoms. The molecule has 0 spiro atoms. The molecule has 5 heteroatoms. The van der Waals surface area contributed by atoms with Gasteiger partial charge < -0.3 is 15.1 Å². The smallest absolute Gasteiger partial charge is 0.241 e. The van der Waals surface area contributed by atoms with Crippen LogP contribution in [-0.4, -0.2) is 86.6 Å². The van der Waals surface area contributed by atoms with Crippen LogP contribution in [0.2, 0.25) is 0 Å². The number of piperazine rings is 2. The minimum atomic E-state index is 0.0943. The van der Waals surface area contributed by atoms with Crippen LogP contribution in [0.15, 0.2) is 0 Å². The van der Waals surface area contributed by atoms with E-state index in [0.717, 1.165) is 52.2 Å². The molecule has 17 heavy (non-hydrogen) atoms. The Labute approximate surface area is 104 Å². The van der Waals surface area contributed by atoms with E-state index in [-0.39, 0.29) is 6.04 Å². The largest absolute Gasteiger partial charge is 0.340 e. The van der Waals surface area contributed by atoms with E-state index in [9.17, 15) is 4.79 Å². The van der Waals surface area contributed by atoms with Crippen LogP contribution in [0.4, 0.5) is 0 Å². The van der Waals surface area contributed by atoms with E-state index >= 15 is 0 Å². The maximum absolute atomic E-state index is 12.3. The van der Waals surface area contributed by atoms with E-state index in [2.05, 4.69) is 29.2 Å². The summed E-state index contributed by atoms with van der Waals surface area (Å²) in [6.07, 6.45) is 1.07. The maximum Gasteiger partial charge on any atom is 0.241 e. The number of rotatable bonds is 4. The fraction of sp³-hybridized carbons (Fsp3) is 0.917. The monoisotopic (exact) mass is 240 g/mol. The minimum Gasteiger partial charge on any atom is -0.340 e. The zero-order chi connectivity index (χ0) is 12.3. The molecule has 0 saturated carbocycles. The number of hydrogen-bond acceptors (Lipinski definition) is 4. The number of nitrogens with zero attached hydrogens (tertiary/aromatic N) is 3. The van der Waals surface area contributed by atoms with Crippen molar-refractivity contribution in [2.45, 2.75) is 12.5 Å². The van der Waals surface area contributed by atoms with Gasteiger partial charge in [0.1, 0.15) is 6.04 Å². The predicted molar refractivity (Wildman–Crippen MR) is 68.0 cm³/mol. The molecule has 1 atom stereocenters. The van der Waals surface area contributed by atoms with Crippen molar-refractivity contribution in [2.75, 3.05) is 59.9 Å². The standard InChI is InChI=1S/C12H24N4O/c1-14(2)5-3-6-16-9-8-15-7-4-13-10-11(15)12(16)17/h11,13H,3-10H2,1-2H3. The highest BCUT2D eigenvalue weighted by atomic mass is 16.2. The second-order valence-electron chi connectivity index (χ2n) is 5.24. The summed E-state index contributed by atoms with van der Waals surface area (Å²) in [6, 6.07) is 0.0943. The van der Waals surface area contributed by atoms with Gasteiger partial charge in [-0.15, -0.1) is 0 Å². The molecule has 0 aromatic carbocycles. The van der Waals surface area contributed by atoms with E-state index in [4.69, 9.17) is 0 Å². The fourth-order valence-electron chi connectivity index (χ4n) is 2.63. The number of fused-ring (bicyclic) bond motifs is 1. The molecular formula is C12H24N4O. The van der Waals surface area contributed by atoms with Crippen LogP contribution in [0.1, 0.15) is 6.42 Å². The van der Waals surface area contributed by atoms with Crippen LogP contribution in [-0.2, 0) is 4.79 Å². The van der Waals surface area contributed by atoms with Crippen molar-refractivity contribution in [1.29, 1.82) is 0 Å². The number of carbonyl (C=O) groups is 1. The van der Waals surface area contributed by atoms with Gasteiger partial charge in [-0.05, 0) is 27.1 Å². The van der Waals surface area contributed by atoms with Crippen molar-refractivity contribution in [3.05, 3.63) is 0 Å². The molecule has 0 radical (unpaired) electrons. The van der Waals surface area contributed by atoms with Crippen molar-refractivity contribution >= 4 is 5.91 Å². The predicted octanol–water partition coefficient (Wildman–Crippen LogP) is -0.946. The van der Waals surface area contributed by atoms with E-state index in [0.29, 0.717) is 5.91 Å². The topological polar surface area (TPSA) is 38.8 Å². The van der Waals surface area contributed by atoms with Crippen LogP contribution in [0, 0.1) is 0 Å². The van der Waals surface area contributed by atoms with Crippen molar-refractivity contribution in [3.8, 4) is 0 Å². The lowest BCUT2D eigenvalue weighted by molar-refractivity contribution is -0.142. The van der Waals surface area contributed by atoms with Crippen molar-refractivity contribution < 1.29 is 4.79 Å². The number of carbonyl (C=O) groups excluding carboxylic acids is 1. The first-order valence-corrected chi connectivity index (χ1v) is 6.57. The van der Waals surface area contributed by atoms with Gasteiger partial charge in [0.2, 0.25) is 5.91 Å². The summed E-state index contributed by atoms with van der Waals surface area (Å²) in [5.74, 6) is 0.321. The van der Waals surface area contributed by atoms with E-state index in [1.54, 1.807) is 0 Å². The van der Waals surface area contributed by atoms with Crippen LogP contribution < -0.4 is 5.32 Å². The van der Waals surface area contributed by atoms with E-state index in [1.165, 1.54) is 0 Å². The third-order valence-corrected chi connectivity index (χ3v) is 3.64. The van der Waals surface area contributed by atoms with E-state index in [1.807, 2.05) is 4.90 Å². The molecule has 2 aliphatic heterocycles. The second-order valence-corrected chi connectivity index (χ2v) is 5.24. The van der Waals surface area contributed by atoms with Gasteiger partial charge in [-0.25, -0.2) is 0 Å². The first-order chi connectivity index (χ1) is 8.18. The SMILES string of the molecule is CN(C)CCCN1CCN2CCNCC2C1=O. The molecule has 0 aromatic rings. The van der Waals surface area contributed by atoms with Gasteiger partial charge in [0.15, 0.2) is 0 Å². The Kier molecular flexibility index (Phi) is 4.36. The quantitative estimate of drug-likeness (QED) is 0.688. The van der Waals surface area contributed by atoms with Crippen LogP contribution in [0.25, 0.3) is 0 Å². The number of nitrogens with one attached hydrogen (secondary N) is 1. The zero-order valence-electron chi connectivity index (χ0n) is 11.0. The highest BCUT2D eigenvalue weighted by molar-refractivity contribution is 5.83. The second kappa shape index (κ2) is 5.80. The van der Waals surface area contributed by atoms with Gasteiger partial charge in [0.05, 0.1) is 0 Å². The normalized spacial score (nSPS) is 26.4. The summed E-state index contributed by atoms with van der Waals surface area (Å²) in [4.78, 5) is 18.8. The summed E-state index contributed by atoms with van der Waals surface area (Å²) >= 11 is 0. The summed E-state index contributed by atoms with van der Waals surface area (Å²) in [6.45, 7) is 6.76. The van der Waals surface area contributed by atoms with Gasteiger partial charge in [-0.3, -0.25) is 9.69 Å². The van der Waals surface area contributed by atoms with Crippen molar-refractivity contribution in [2.24, 2.45) is 0 Å². The number of hydrogen-bond donors (Lipinski definition) is 1. The van der Waals surface area contributed by atoms with Crippen LogP contribution in [0.3, 0.4) is 0 Å². The highest BCUT2D eigenvalue weighted by Gasteiger charge is 2.35. The highest BCUT2D eigenvalue weighted by Crippen LogP contribution is 2.13. The van der Waals surface area contributed by atoms with Gasteiger partial charge in [-0.2, -0.15) is 0 Å². The Bertz CT molecular complexity index is 269. The average molecular weight is 240 g/mol. The molecule has 2 rings (SSSR count). The summed E-state index contributed by atoms with van der Waals surface area (Å²) in [5, 5.41) is 3.31. The van der Waals surface area contributed by atoms with Crippen molar-refractivity contribution in [1.82, 2.24) is 20.0 Å². The molecule has 2 aliphatic rings. The lowest BCUT2D eigenvalue weighted by Gasteiger charge is -2.43. The molecule has 0 aliphatic carbocycles. The molecule has 1 unspecified atom stereocenters. The minimum absolute atomic E-state index is 0.0943. The summed E-state index contributed by atoms with van der Waals surface area (Å²) < 4.78 is 0. The fourth-order valence-corrected chi connectivity index (χ4v) is 2.63.